The Morgan fingerprint density at radius 1 is 1.35 bits per heavy atom. The summed E-state index contributed by atoms with van der Waals surface area (Å²) in [6, 6.07) is 0. The molecule has 1 aliphatic carbocycles. The molecule has 2 N–H and O–H groups in total. The molecule has 0 unspecified atom stereocenters. The molecule has 3 nitrogen and oxygen atoms in total. The Kier molecular flexibility index (Phi) is 8.21. The number of Topliss-reactive ketones (excluding diaryl/α,β-unsaturated/α-hetero) is 1. The molecule has 0 saturated heterocycles. The van der Waals surface area contributed by atoms with Crippen molar-refractivity contribution in [2.24, 2.45) is 11.8 Å². The minimum Gasteiger partial charge on any atom is -0.388 e. The van der Waals surface area contributed by atoms with E-state index in [9.17, 15) is 15.0 Å². The van der Waals surface area contributed by atoms with E-state index in [1.54, 1.807) is 6.92 Å². The Balaban J connectivity index is 2.68. The zero-order chi connectivity index (χ0) is 17.4. The van der Waals surface area contributed by atoms with E-state index in [0.29, 0.717) is 11.5 Å². The Labute approximate surface area is 140 Å². The van der Waals surface area contributed by atoms with Crippen LogP contribution in [0, 0.1) is 11.8 Å². The highest BCUT2D eigenvalue weighted by atomic mass is 16.3. The summed E-state index contributed by atoms with van der Waals surface area (Å²) in [7, 11) is 0. The van der Waals surface area contributed by atoms with Crippen molar-refractivity contribution in [2.45, 2.75) is 59.2 Å². The van der Waals surface area contributed by atoms with Crippen LogP contribution in [-0.2, 0) is 4.79 Å². The second kappa shape index (κ2) is 9.64. The van der Waals surface area contributed by atoms with Gasteiger partial charge in [0.2, 0.25) is 0 Å². The summed E-state index contributed by atoms with van der Waals surface area (Å²) >= 11 is 0. The van der Waals surface area contributed by atoms with Crippen LogP contribution in [0.2, 0.25) is 0 Å². The molecule has 0 fully saturated rings. The fraction of sp³-hybridized carbons (Fsp3) is 0.550. The predicted molar refractivity (Wildman–Crippen MR) is 95.0 cm³/mol. The van der Waals surface area contributed by atoms with Gasteiger partial charge in [0, 0.05) is 5.92 Å². The Morgan fingerprint density at radius 2 is 2.04 bits per heavy atom. The number of unbranched alkanes of at least 4 members (excludes halogenated alkanes) is 2. The van der Waals surface area contributed by atoms with Gasteiger partial charge in [-0.05, 0) is 37.8 Å². The van der Waals surface area contributed by atoms with E-state index in [1.807, 2.05) is 19.1 Å². The highest BCUT2D eigenvalue weighted by Gasteiger charge is 2.36. The van der Waals surface area contributed by atoms with Crippen molar-refractivity contribution in [1.82, 2.24) is 0 Å². The maximum atomic E-state index is 11.9. The molecule has 0 saturated carbocycles. The molecule has 0 spiro atoms. The number of hydrogen-bond acceptors (Lipinski definition) is 3. The molecule has 0 heterocycles. The molecule has 0 amide bonds. The van der Waals surface area contributed by atoms with Gasteiger partial charge in [-0.2, -0.15) is 0 Å². The third kappa shape index (κ3) is 5.92. The molecule has 3 heteroatoms. The van der Waals surface area contributed by atoms with Crippen LogP contribution in [0.25, 0.3) is 0 Å². The van der Waals surface area contributed by atoms with E-state index in [1.165, 1.54) is 18.9 Å². The number of hydrogen-bond donors (Lipinski definition) is 2. The van der Waals surface area contributed by atoms with Crippen LogP contribution in [0.5, 0.6) is 0 Å². The summed E-state index contributed by atoms with van der Waals surface area (Å²) in [5, 5.41) is 20.2. The lowest BCUT2D eigenvalue weighted by molar-refractivity contribution is -0.128. The zero-order valence-corrected chi connectivity index (χ0v) is 14.7. The maximum Gasteiger partial charge on any atom is 0.187 e. The summed E-state index contributed by atoms with van der Waals surface area (Å²) in [5.74, 6) is -0.531. The first-order valence-corrected chi connectivity index (χ1v) is 8.48. The van der Waals surface area contributed by atoms with Crippen LogP contribution in [-0.4, -0.2) is 28.2 Å². The van der Waals surface area contributed by atoms with Gasteiger partial charge in [-0.3, -0.25) is 4.79 Å². The van der Waals surface area contributed by atoms with Crippen molar-refractivity contribution in [2.75, 3.05) is 0 Å². The molecule has 0 bridgehead atoms. The number of carbonyl (C=O) groups is 1. The second-order valence-corrected chi connectivity index (χ2v) is 6.40. The van der Waals surface area contributed by atoms with Gasteiger partial charge in [0.1, 0.15) is 6.10 Å². The van der Waals surface area contributed by atoms with Crippen LogP contribution in [0.15, 0.2) is 47.6 Å². The third-order valence-corrected chi connectivity index (χ3v) is 4.25. The summed E-state index contributed by atoms with van der Waals surface area (Å²) in [6.45, 7) is 7.75. The van der Waals surface area contributed by atoms with Crippen LogP contribution >= 0.6 is 0 Å². The van der Waals surface area contributed by atoms with Crippen LogP contribution in [0.3, 0.4) is 0 Å². The molecule has 1 aliphatic rings. The number of rotatable bonds is 7. The summed E-state index contributed by atoms with van der Waals surface area (Å²) < 4.78 is 0. The number of allylic oxidation sites excluding steroid dienone is 5. The standard InChI is InChI=1S/C20H30O3/c1-5-6-7-8-10-14(2)11-9-12-15(3)18-17(21)13-16(4)19(22)20(18)23/h8-14,17-18,20-21,23H,5-7H2,1-4H3/b10-8+,11-9+,15-12+/t14-,17-,18-,20+/m0/s1. The average molecular weight is 318 g/mol. The van der Waals surface area contributed by atoms with E-state index in [0.717, 1.165) is 12.0 Å². The molecule has 23 heavy (non-hydrogen) atoms. The summed E-state index contributed by atoms with van der Waals surface area (Å²) in [5.41, 5.74) is 1.23. The summed E-state index contributed by atoms with van der Waals surface area (Å²) in [4.78, 5) is 11.9. The van der Waals surface area contributed by atoms with Gasteiger partial charge < -0.3 is 10.2 Å². The van der Waals surface area contributed by atoms with Gasteiger partial charge in [0.15, 0.2) is 5.78 Å². The highest BCUT2D eigenvalue weighted by Crippen LogP contribution is 2.28. The quantitative estimate of drug-likeness (QED) is 0.427. The molecular formula is C20H30O3. The van der Waals surface area contributed by atoms with E-state index in [4.69, 9.17) is 0 Å². The topological polar surface area (TPSA) is 57.5 Å². The Morgan fingerprint density at radius 3 is 2.70 bits per heavy atom. The molecule has 4 atom stereocenters. The number of ketones is 1. The van der Waals surface area contributed by atoms with Gasteiger partial charge in [-0.25, -0.2) is 0 Å². The third-order valence-electron chi connectivity index (χ3n) is 4.25. The molecule has 0 aromatic carbocycles. The van der Waals surface area contributed by atoms with E-state index < -0.39 is 18.1 Å². The van der Waals surface area contributed by atoms with Gasteiger partial charge >= 0.3 is 0 Å². The molecule has 1 rings (SSSR count). The van der Waals surface area contributed by atoms with Crippen LogP contribution < -0.4 is 0 Å². The minimum absolute atomic E-state index is 0.302. The fourth-order valence-electron chi connectivity index (χ4n) is 2.73. The van der Waals surface area contributed by atoms with E-state index in [-0.39, 0.29) is 5.78 Å². The van der Waals surface area contributed by atoms with Crippen molar-refractivity contribution in [1.29, 1.82) is 0 Å². The Bertz CT molecular complexity index is 511. The van der Waals surface area contributed by atoms with Crippen molar-refractivity contribution >= 4 is 5.78 Å². The molecule has 0 aromatic rings. The van der Waals surface area contributed by atoms with E-state index >= 15 is 0 Å². The number of aliphatic hydroxyl groups is 2. The van der Waals surface area contributed by atoms with Crippen molar-refractivity contribution in [3.63, 3.8) is 0 Å². The largest absolute Gasteiger partial charge is 0.388 e. The van der Waals surface area contributed by atoms with Gasteiger partial charge in [0.25, 0.3) is 0 Å². The monoisotopic (exact) mass is 318 g/mol. The lowest BCUT2D eigenvalue weighted by Crippen LogP contribution is -2.41. The van der Waals surface area contributed by atoms with Crippen LogP contribution in [0.1, 0.15) is 47.0 Å². The smallest absolute Gasteiger partial charge is 0.187 e. The number of carbonyl (C=O) groups excluding carboxylic acids is 1. The van der Waals surface area contributed by atoms with Crippen molar-refractivity contribution in [3.05, 3.63) is 47.6 Å². The molecule has 128 valence electrons. The summed E-state index contributed by atoms with van der Waals surface area (Å²) in [6.07, 6.45) is 13.3. The first-order valence-electron chi connectivity index (χ1n) is 8.48. The lowest BCUT2D eigenvalue weighted by atomic mass is 9.80. The zero-order valence-electron chi connectivity index (χ0n) is 14.7. The molecular weight excluding hydrogens is 288 g/mol. The van der Waals surface area contributed by atoms with Crippen molar-refractivity contribution in [3.8, 4) is 0 Å². The average Bonchev–Trinajstić information content (AvgIpc) is 2.49. The molecule has 0 aliphatic heterocycles. The normalized spacial score (nSPS) is 27.7. The minimum atomic E-state index is -1.16. The first-order chi connectivity index (χ1) is 10.9. The van der Waals surface area contributed by atoms with Crippen molar-refractivity contribution < 1.29 is 15.0 Å². The first kappa shape index (κ1) is 19.6. The fourth-order valence-corrected chi connectivity index (χ4v) is 2.73. The maximum absolute atomic E-state index is 11.9. The van der Waals surface area contributed by atoms with Gasteiger partial charge in [-0.1, -0.05) is 62.6 Å². The Hall–Kier alpha value is -1.45. The lowest BCUT2D eigenvalue weighted by Gasteiger charge is -2.30. The molecule has 0 aromatic heterocycles. The molecule has 0 radical (unpaired) electrons. The van der Waals surface area contributed by atoms with Gasteiger partial charge in [0.05, 0.1) is 6.10 Å². The van der Waals surface area contributed by atoms with Gasteiger partial charge in [-0.15, -0.1) is 0 Å². The predicted octanol–water partition coefficient (Wildman–Crippen LogP) is 3.74. The van der Waals surface area contributed by atoms with E-state index in [2.05, 4.69) is 32.1 Å². The second-order valence-electron chi connectivity index (χ2n) is 6.40. The van der Waals surface area contributed by atoms with Crippen LogP contribution in [0.4, 0.5) is 0 Å². The number of aliphatic hydroxyl groups excluding tert-OH is 2. The SMILES string of the molecule is CCCC/C=C/[C@H](C)/C=C/C=C(\C)[C@H]1[C@@H](O)C=C(C)C(=O)[C@@H]1O. The highest BCUT2D eigenvalue weighted by molar-refractivity contribution is 5.99.